The number of aliphatic hydroxyl groups excluding tert-OH is 1. The van der Waals surface area contributed by atoms with E-state index in [2.05, 4.69) is 12.2 Å². The maximum Gasteiger partial charge on any atom is 0.254 e. The molecular weight excluding hydrogens is 218 g/mol. The van der Waals surface area contributed by atoms with E-state index in [4.69, 9.17) is 9.52 Å². The highest BCUT2D eigenvalue weighted by Gasteiger charge is 2.13. The first kappa shape index (κ1) is 13.8. The van der Waals surface area contributed by atoms with Gasteiger partial charge < -0.3 is 14.8 Å². The standard InChI is InChI=1S/C13H21NO3/c1-3-4-11(5-7-15)9-14-13(16)12-6-8-17-10(12)2/h6,8,11,15H,3-5,7,9H2,1-2H3,(H,14,16). The minimum absolute atomic E-state index is 0.102. The molecule has 2 N–H and O–H groups in total. The molecule has 0 aliphatic rings. The van der Waals surface area contributed by atoms with Crippen LogP contribution in [0.3, 0.4) is 0 Å². The van der Waals surface area contributed by atoms with Gasteiger partial charge in [-0.3, -0.25) is 4.79 Å². The van der Waals surface area contributed by atoms with E-state index in [9.17, 15) is 4.79 Å². The zero-order valence-electron chi connectivity index (χ0n) is 10.5. The summed E-state index contributed by atoms with van der Waals surface area (Å²) in [4.78, 5) is 11.8. The molecule has 0 spiro atoms. The van der Waals surface area contributed by atoms with Crippen LogP contribution in [0.15, 0.2) is 16.7 Å². The average Bonchev–Trinajstić information content (AvgIpc) is 2.72. The van der Waals surface area contributed by atoms with Crippen molar-refractivity contribution in [2.24, 2.45) is 5.92 Å². The Hall–Kier alpha value is -1.29. The fraction of sp³-hybridized carbons (Fsp3) is 0.615. The van der Waals surface area contributed by atoms with Gasteiger partial charge in [0.05, 0.1) is 11.8 Å². The van der Waals surface area contributed by atoms with Crippen LogP contribution in [-0.2, 0) is 0 Å². The number of aryl methyl sites for hydroxylation is 1. The lowest BCUT2D eigenvalue weighted by Gasteiger charge is -2.15. The first-order valence-corrected chi connectivity index (χ1v) is 6.12. The quantitative estimate of drug-likeness (QED) is 0.766. The Morgan fingerprint density at radius 3 is 2.82 bits per heavy atom. The van der Waals surface area contributed by atoms with Gasteiger partial charge >= 0.3 is 0 Å². The molecule has 1 heterocycles. The number of carbonyl (C=O) groups excluding carboxylic acids is 1. The van der Waals surface area contributed by atoms with E-state index >= 15 is 0 Å². The van der Waals surface area contributed by atoms with Gasteiger partial charge in [-0.25, -0.2) is 0 Å². The Morgan fingerprint density at radius 2 is 2.29 bits per heavy atom. The minimum atomic E-state index is -0.102. The monoisotopic (exact) mass is 239 g/mol. The minimum Gasteiger partial charge on any atom is -0.469 e. The van der Waals surface area contributed by atoms with Gasteiger partial charge in [0.1, 0.15) is 5.76 Å². The molecule has 1 amide bonds. The van der Waals surface area contributed by atoms with Crippen LogP contribution in [0.1, 0.15) is 42.3 Å². The maximum absolute atomic E-state index is 11.8. The molecule has 0 aliphatic heterocycles. The molecule has 1 atom stereocenters. The van der Waals surface area contributed by atoms with Crippen molar-refractivity contribution in [2.45, 2.75) is 33.1 Å². The molecule has 0 radical (unpaired) electrons. The third-order valence-corrected chi connectivity index (χ3v) is 2.89. The van der Waals surface area contributed by atoms with Crippen LogP contribution in [-0.4, -0.2) is 24.2 Å². The number of aliphatic hydroxyl groups is 1. The van der Waals surface area contributed by atoms with E-state index in [1.165, 1.54) is 6.26 Å². The molecule has 1 aromatic heterocycles. The molecule has 17 heavy (non-hydrogen) atoms. The third-order valence-electron chi connectivity index (χ3n) is 2.89. The number of hydrogen-bond acceptors (Lipinski definition) is 3. The molecule has 0 aromatic carbocycles. The van der Waals surface area contributed by atoms with Crippen LogP contribution in [0, 0.1) is 12.8 Å². The Balaban J connectivity index is 2.43. The summed E-state index contributed by atoms with van der Waals surface area (Å²) in [5, 5.41) is 11.8. The largest absolute Gasteiger partial charge is 0.469 e. The molecule has 0 fully saturated rings. The molecule has 0 saturated heterocycles. The SMILES string of the molecule is CCCC(CCO)CNC(=O)c1ccoc1C. The Labute approximate surface area is 102 Å². The Morgan fingerprint density at radius 1 is 1.53 bits per heavy atom. The Bertz CT molecular complexity index is 340. The van der Waals surface area contributed by atoms with Crippen LogP contribution >= 0.6 is 0 Å². The van der Waals surface area contributed by atoms with Crippen molar-refractivity contribution in [1.29, 1.82) is 0 Å². The van der Waals surface area contributed by atoms with E-state index in [1.807, 2.05) is 0 Å². The average molecular weight is 239 g/mol. The molecule has 4 nitrogen and oxygen atoms in total. The summed E-state index contributed by atoms with van der Waals surface area (Å²) in [5.74, 6) is 0.883. The second-order valence-electron chi connectivity index (χ2n) is 4.27. The van der Waals surface area contributed by atoms with Crippen LogP contribution < -0.4 is 5.32 Å². The van der Waals surface area contributed by atoms with Crippen molar-refractivity contribution in [3.05, 3.63) is 23.7 Å². The van der Waals surface area contributed by atoms with Gasteiger partial charge in [0.2, 0.25) is 0 Å². The molecule has 0 bridgehead atoms. The lowest BCUT2D eigenvalue weighted by atomic mass is 10.00. The van der Waals surface area contributed by atoms with Gasteiger partial charge in [-0.15, -0.1) is 0 Å². The van der Waals surface area contributed by atoms with Crippen LogP contribution in [0.4, 0.5) is 0 Å². The van der Waals surface area contributed by atoms with Crippen molar-refractivity contribution in [1.82, 2.24) is 5.32 Å². The van der Waals surface area contributed by atoms with Gasteiger partial charge in [0.15, 0.2) is 0 Å². The summed E-state index contributed by atoms with van der Waals surface area (Å²) in [6.45, 7) is 4.65. The van der Waals surface area contributed by atoms with Crippen LogP contribution in [0.5, 0.6) is 0 Å². The van der Waals surface area contributed by atoms with E-state index in [-0.39, 0.29) is 12.5 Å². The second kappa shape index (κ2) is 7.12. The molecule has 4 heteroatoms. The number of amides is 1. The molecule has 1 aromatic rings. The number of nitrogens with one attached hydrogen (secondary N) is 1. The van der Waals surface area contributed by atoms with Gasteiger partial charge in [0.25, 0.3) is 5.91 Å². The first-order valence-electron chi connectivity index (χ1n) is 6.12. The zero-order valence-corrected chi connectivity index (χ0v) is 10.5. The fourth-order valence-corrected chi connectivity index (χ4v) is 1.89. The summed E-state index contributed by atoms with van der Waals surface area (Å²) in [5.41, 5.74) is 0.587. The first-order chi connectivity index (χ1) is 8.19. The molecular formula is C13H21NO3. The van der Waals surface area contributed by atoms with E-state index in [1.54, 1.807) is 13.0 Å². The second-order valence-corrected chi connectivity index (χ2v) is 4.27. The topological polar surface area (TPSA) is 62.5 Å². The highest BCUT2D eigenvalue weighted by Crippen LogP contribution is 2.11. The van der Waals surface area contributed by atoms with Gasteiger partial charge in [-0.05, 0) is 31.7 Å². The van der Waals surface area contributed by atoms with Crippen LogP contribution in [0.25, 0.3) is 0 Å². The van der Waals surface area contributed by atoms with Crippen molar-refractivity contribution < 1.29 is 14.3 Å². The maximum atomic E-state index is 11.8. The molecule has 1 rings (SSSR count). The lowest BCUT2D eigenvalue weighted by Crippen LogP contribution is -2.29. The summed E-state index contributed by atoms with van der Waals surface area (Å²) < 4.78 is 5.09. The fourth-order valence-electron chi connectivity index (χ4n) is 1.89. The zero-order chi connectivity index (χ0) is 12.7. The summed E-state index contributed by atoms with van der Waals surface area (Å²) in [6, 6.07) is 1.67. The predicted octanol–water partition coefficient (Wildman–Crippen LogP) is 2.12. The highest BCUT2D eigenvalue weighted by molar-refractivity contribution is 5.94. The number of rotatable bonds is 7. The van der Waals surface area contributed by atoms with Crippen LogP contribution in [0.2, 0.25) is 0 Å². The van der Waals surface area contributed by atoms with Crippen molar-refractivity contribution in [3.63, 3.8) is 0 Å². The summed E-state index contributed by atoms with van der Waals surface area (Å²) in [7, 11) is 0. The summed E-state index contributed by atoms with van der Waals surface area (Å²) in [6.07, 6.45) is 4.33. The molecule has 0 aliphatic carbocycles. The summed E-state index contributed by atoms with van der Waals surface area (Å²) >= 11 is 0. The van der Waals surface area contributed by atoms with E-state index in [0.29, 0.717) is 23.8 Å². The van der Waals surface area contributed by atoms with Crippen molar-refractivity contribution >= 4 is 5.91 Å². The normalized spacial score (nSPS) is 12.4. The number of carbonyl (C=O) groups is 1. The van der Waals surface area contributed by atoms with Gasteiger partial charge in [0, 0.05) is 13.2 Å². The molecule has 0 saturated carbocycles. The van der Waals surface area contributed by atoms with Crippen molar-refractivity contribution in [3.8, 4) is 0 Å². The van der Waals surface area contributed by atoms with Gasteiger partial charge in [-0.1, -0.05) is 13.3 Å². The predicted molar refractivity (Wildman–Crippen MR) is 65.9 cm³/mol. The Kier molecular flexibility index (Phi) is 5.77. The molecule has 96 valence electrons. The van der Waals surface area contributed by atoms with Gasteiger partial charge in [-0.2, -0.15) is 0 Å². The lowest BCUT2D eigenvalue weighted by molar-refractivity contribution is 0.0941. The smallest absolute Gasteiger partial charge is 0.254 e. The number of hydrogen-bond donors (Lipinski definition) is 2. The van der Waals surface area contributed by atoms with Crippen molar-refractivity contribution in [2.75, 3.05) is 13.2 Å². The molecule has 1 unspecified atom stereocenters. The highest BCUT2D eigenvalue weighted by atomic mass is 16.3. The van der Waals surface area contributed by atoms with E-state index in [0.717, 1.165) is 19.3 Å². The van der Waals surface area contributed by atoms with E-state index < -0.39 is 0 Å². The third kappa shape index (κ3) is 4.23. The number of furan rings is 1.